The molecule has 0 aliphatic carbocycles. The first-order valence-electron chi connectivity index (χ1n) is 11.5. The second-order valence-electron chi connectivity index (χ2n) is 8.47. The Bertz CT molecular complexity index is 1710. The quantitative estimate of drug-likeness (QED) is 0.232. The van der Waals surface area contributed by atoms with Crippen molar-refractivity contribution in [3.63, 3.8) is 0 Å². The van der Waals surface area contributed by atoms with Crippen LogP contribution in [0.5, 0.6) is 0 Å². The molecule has 5 aromatic rings. The first kappa shape index (κ1) is 24.8. The molecule has 0 atom stereocenters. The molecule has 0 unspecified atom stereocenters. The second kappa shape index (κ2) is 9.55. The van der Waals surface area contributed by atoms with E-state index in [4.69, 9.17) is 4.74 Å². The molecule has 0 saturated carbocycles. The number of nitrogens with zero attached hydrogens (tertiary/aromatic N) is 1. The Morgan fingerprint density at radius 3 is 2.49 bits per heavy atom. The monoisotopic (exact) mass is 568 g/mol. The molecule has 0 amide bonds. The Balaban J connectivity index is 1.81. The van der Waals surface area contributed by atoms with Crippen LogP contribution >= 0.6 is 15.9 Å². The summed E-state index contributed by atoms with van der Waals surface area (Å²) in [5, 5.41) is 1.98. The minimum Gasteiger partial charge on any atom is -0.461 e. The molecule has 9 heteroatoms. The minimum atomic E-state index is -4.55. The van der Waals surface area contributed by atoms with Gasteiger partial charge in [-0.15, -0.1) is 0 Å². The van der Waals surface area contributed by atoms with Crippen LogP contribution in [0.3, 0.4) is 0 Å². The maximum atomic E-state index is 13.6. The molecule has 37 heavy (non-hydrogen) atoms. The van der Waals surface area contributed by atoms with Crippen molar-refractivity contribution < 1.29 is 22.7 Å². The number of H-pyrrole nitrogens is 1. The van der Waals surface area contributed by atoms with E-state index in [0.29, 0.717) is 11.1 Å². The van der Waals surface area contributed by atoms with Crippen LogP contribution in [-0.4, -0.2) is 22.0 Å². The van der Waals surface area contributed by atoms with Gasteiger partial charge in [-0.3, -0.25) is 9.20 Å². The van der Waals surface area contributed by atoms with Gasteiger partial charge in [0.25, 0.3) is 5.56 Å². The van der Waals surface area contributed by atoms with Gasteiger partial charge in [0.15, 0.2) is 5.69 Å². The maximum Gasteiger partial charge on any atom is 0.416 e. The number of aromatic nitrogens is 2. The summed E-state index contributed by atoms with van der Waals surface area (Å²) in [6, 6.07) is 19.9. The Morgan fingerprint density at radius 2 is 1.73 bits per heavy atom. The van der Waals surface area contributed by atoms with E-state index in [1.165, 1.54) is 12.1 Å². The Morgan fingerprint density at radius 1 is 1.00 bits per heavy atom. The van der Waals surface area contributed by atoms with E-state index in [1.54, 1.807) is 13.0 Å². The molecular formula is C28H20BrF3N2O3. The molecular weight excluding hydrogens is 549 g/mol. The zero-order valence-electron chi connectivity index (χ0n) is 19.5. The van der Waals surface area contributed by atoms with Gasteiger partial charge < -0.3 is 9.72 Å². The third-order valence-electron chi connectivity index (χ3n) is 6.17. The molecule has 0 aliphatic rings. The molecule has 0 fully saturated rings. The van der Waals surface area contributed by atoms with Crippen LogP contribution in [0.1, 0.15) is 34.1 Å². The van der Waals surface area contributed by atoms with Crippen LogP contribution in [-0.2, 0) is 17.3 Å². The van der Waals surface area contributed by atoms with Crippen LogP contribution in [0.4, 0.5) is 13.2 Å². The van der Waals surface area contributed by atoms with Crippen molar-refractivity contribution in [1.29, 1.82) is 0 Å². The molecule has 0 radical (unpaired) electrons. The summed E-state index contributed by atoms with van der Waals surface area (Å²) in [5.74, 6) is -0.737. The number of hydrogen-bond acceptors (Lipinski definition) is 3. The molecule has 1 N–H and O–H groups in total. The van der Waals surface area contributed by atoms with E-state index in [2.05, 4.69) is 20.9 Å². The van der Waals surface area contributed by atoms with Crippen molar-refractivity contribution in [2.45, 2.75) is 19.5 Å². The molecule has 3 aromatic carbocycles. The lowest BCUT2D eigenvalue weighted by Crippen LogP contribution is -2.20. The smallest absolute Gasteiger partial charge is 0.416 e. The van der Waals surface area contributed by atoms with Crippen LogP contribution in [0, 0.1) is 0 Å². The highest BCUT2D eigenvalue weighted by atomic mass is 79.9. The molecule has 0 saturated heterocycles. The molecule has 0 spiro atoms. The van der Waals surface area contributed by atoms with Crippen molar-refractivity contribution in [1.82, 2.24) is 9.38 Å². The second-order valence-corrected chi connectivity index (χ2v) is 9.26. The van der Waals surface area contributed by atoms with Gasteiger partial charge in [0.2, 0.25) is 0 Å². The number of nitrogens with one attached hydrogen (secondary N) is 1. The minimum absolute atomic E-state index is 0.0632. The number of carbonyl (C=O) groups excluding carboxylic acids is 1. The highest BCUT2D eigenvalue weighted by Crippen LogP contribution is 2.36. The SMILES string of the molecule is CCOC(=O)c1c(Br)[nH]c2c(-c3cccc(C(F)(F)F)c3)c(Cc3cccc4ccccc34)cc(=O)n12. The predicted octanol–water partition coefficient (Wildman–Crippen LogP) is 7.00. The van der Waals surface area contributed by atoms with E-state index >= 15 is 0 Å². The fraction of sp³-hybridized carbons (Fsp3) is 0.143. The number of imidazole rings is 1. The number of hydrogen-bond donors (Lipinski definition) is 1. The Hall–Kier alpha value is -3.85. The van der Waals surface area contributed by atoms with E-state index in [-0.39, 0.29) is 34.5 Å². The summed E-state index contributed by atoms with van der Waals surface area (Å²) in [6.07, 6.45) is -4.27. The van der Waals surface area contributed by atoms with Gasteiger partial charge in [0, 0.05) is 11.6 Å². The summed E-state index contributed by atoms with van der Waals surface area (Å²) in [6.45, 7) is 1.73. The summed E-state index contributed by atoms with van der Waals surface area (Å²) in [7, 11) is 0. The number of benzene rings is 3. The number of esters is 1. The van der Waals surface area contributed by atoms with Gasteiger partial charge in [-0.05, 0) is 68.9 Å². The van der Waals surface area contributed by atoms with Crippen molar-refractivity contribution in [2.24, 2.45) is 0 Å². The number of pyridine rings is 1. The third-order valence-corrected chi connectivity index (χ3v) is 6.74. The van der Waals surface area contributed by atoms with Crippen molar-refractivity contribution in [3.05, 3.63) is 110 Å². The number of ether oxygens (including phenoxy) is 1. The predicted molar refractivity (Wildman–Crippen MR) is 139 cm³/mol. The first-order valence-corrected chi connectivity index (χ1v) is 12.3. The fourth-order valence-electron chi connectivity index (χ4n) is 4.61. The number of aromatic amines is 1. The lowest BCUT2D eigenvalue weighted by atomic mass is 9.93. The van der Waals surface area contributed by atoms with Crippen LogP contribution < -0.4 is 5.56 Å². The lowest BCUT2D eigenvalue weighted by Gasteiger charge is -2.15. The number of rotatable bonds is 5. The van der Waals surface area contributed by atoms with Crippen LogP contribution in [0.15, 0.2) is 82.2 Å². The zero-order valence-corrected chi connectivity index (χ0v) is 21.1. The number of alkyl halides is 3. The van der Waals surface area contributed by atoms with E-state index in [9.17, 15) is 22.8 Å². The fourth-order valence-corrected chi connectivity index (χ4v) is 5.13. The van der Waals surface area contributed by atoms with Crippen molar-refractivity contribution >= 4 is 38.3 Å². The standard InChI is InChI=1S/C28H20BrF3N2O3/c1-2-37-27(36)24-25(29)33-26-23(18-10-6-11-20(14-18)28(30,31)32)19(15-22(35)34(24)26)13-17-9-5-8-16-7-3-4-12-21(16)17/h3-12,14-15,33H,2,13H2,1H3. The zero-order chi connectivity index (χ0) is 26.3. The largest absolute Gasteiger partial charge is 0.461 e. The van der Waals surface area contributed by atoms with Gasteiger partial charge in [0.05, 0.1) is 12.2 Å². The third kappa shape index (κ3) is 4.55. The Kier molecular flexibility index (Phi) is 6.41. The summed E-state index contributed by atoms with van der Waals surface area (Å²) < 4.78 is 47.3. The molecule has 0 aliphatic heterocycles. The summed E-state index contributed by atoms with van der Waals surface area (Å²) >= 11 is 3.30. The topological polar surface area (TPSA) is 63.6 Å². The average Bonchev–Trinajstić information content (AvgIpc) is 3.21. The van der Waals surface area contributed by atoms with Gasteiger partial charge in [-0.25, -0.2) is 4.79 Å². The number of fused-ring (bicyclic) bond motifs is 2. The molecule has 2 heterocycles. The van der Waals surface area contributed by atoms with Crippen LogP contribution in [0.25, 0.3) is 27.5 Å². The first-order chi connectivity index (χ1) is 17.7. The Labute approximate surface area is 217 Å². The molecule has 2 aromatic heterocycles. The van der Waals surface area contributed by atoms with Gasteiger partial charge in [-0.1, -0.05) is 54.6 Å². The van der Waals surface area contributed by atoms with E-state index in [0.717, 1.165) is 32.9 Å². The normalized spacial score (nSPS) is 11.8. The summed E-state index contributed by atoms with van der Waals surface area (Å²) in [4.78, 5) is 29.0. The maximum absolute atomic E-state index is 13.6. The lowest BCUT2D eigenvalue weighted by molar-refractivity contribution is -0.137. The highest BCUT2D eigenvalue weighted by Gasteiger charge is 2.31. The molecule has 0 bridgehead atoms. The van der Waals surface area contributed by atoms with Gasteiger partial charge in [0.1, 0.15) is 10.3 Å². The van der Waals surface area contributed by atoms with E-state index < -0.39 is 23.3 Å². The van der Waals surface area contributed by atoms with Crippen molar-refractivity contribution in [3.8, 4) is 11.1 Å². The average molecular weight is 569 g/mol. The van der Waals surface area contributed by atoms with Crippen molar-refractivity contribution in [2.75, 3.05) is 6.61 Å². The molecule has 5 rings (SSSR count). The molecule has 188 valence electrons. The summed E-state index contributed by atoms with van der Waals surface area (Å²) in [5.41, 5.74) is 0.870. The van der Waals surface area contributed by atoms with Crippen LogP contribution in [0.2, 0.25) is 0 Å². The van der Waals surface area contributed by atoms with E-state index in [1.807, 2.05) is 42.5 Å². The number of carbonyl (C=O) groups is 1. The van der Waals surface area contributed by atoms with Gasteiger partial charge in [-0.2, -0.15) is 13.2 Å². The highest BCUT2D eigenvalue weighted by molar-refractivity contribution is 9.10. The van der Waals surface area contributed by atoms with Gasteiger partial charge >= 0.3 is 12.1 Å². The number of halogens is 4. The molecule has 5 nitrogen and oxygen atoms in total.